The van der Waals surface area contributed by atoms with Crippen LogP contribution in [0.25, 0.3) is 0 Å². The first-order valence-corrected chi connectivity index (χ1v) is 11.3. The third-order valence-corrected chi connectivity index (χ3v) is 6.12. The number of nitrogens with zero attached hydrogens (tertiary/aromatic N) is 1. The summed E-state index contributed by atoms with van der Waals surface area (Å²) in [6.07, 6.45) is 6.40. The van der Waals surface area contributed by atoms with Gasteiger partial charge in [0.15, 0.2) is 11.6 Å². The van der Waals surface area contributed by atoms with Gasteiger partial charge < -0.3 is 15.4 Å². The Labute approximate surface area is 177 Å². The molecule has 1 saturated carbocycles. The minimum absolute atomic E-state index is 0.143. The number of anilines is 1. The van der Waals surface area contributed by atoms with Gasteiger partial charge in [0.1, 0.15) is 5.82 Å². The monoisotopic (exact) mass is 418 g/mol. The molecule has 1 heterocycles. The number of nitrogens with two attached hydrogens (primary N) is 1. The molecule has 1 aromatic carbocycles. The Morgan fingerprint density at radius 2 is 2.17 bits per heavy atom. The lowest BCUT2D eigenvalue weighted by Crippen LogP contribution is -2.29. The van der Waals surface area contributed by atoms with Gasteiger partial charge >= 0.3 is 0 Å². The SMILES string of the molecule is COc1cc([C@@H](C)N[C@H]2CC[C@@H](c3ccc(NCCCSN)nc3)C2)ccc1F. The van der Waals surface area contributed by atoms with E-state index in [0.29, 0.717) is 17.7 Å². The molecule has 0 bridgehead atoms. The Hall–Kier alpha value is -1.83. The Bertz CT molecular complexity index is 774. The number of ether oxygens (including phenoxy) is 1. The fraction of sp³-hybridized carbons (Fsp3) is 0.500. The van der Waals surface area contributed by atoms with Crippen LogP contribution in [0.15, 0.2) is 36.5 Å². The van der Waals surface area contributed by atoms with Crippen molar-refractivity contribution in [1.82, 2.24) is 10.3 Å². The van der Waals surface area contributed by atoms with Crippen molar-refractivity contribution in [1.29, 1.82) is 0 Å². The predicted octanol–water partition coefficient (Wildman–Crippen LogP) is 4.63. The van der Waals surface area contributed by atoms with Gasteiger partial charge in [-0.05, 0) is 67.9 Å². The number of hydrogen-bond acceptors (Lipinski definition) is 6. The van der Waals surface area contributed by atoms with Crippen molar-refractivity contribution in [3.8, 4) is 5.75 Å². The third-order valence-electron chi connectivity index (χ3n) is 5.60. The molecule has 1 aromatic heterocycles. The van der Waals surface area contributed by atoms with E-state index in [9.17, 15) is 4.39 Å². The Balaban J connectivity index is 1.50. The Morgan fingerprint density at radius 3 is 2.90 bits per heavy atom. The van der Waals surface area contributed by atoms with Gasteiger partial charge in [-0.25, -0.2) is 9.37 Å². The summed E-state index contributed by atoms with van der Waals surface area (Å²) in [4.78, 5) is 4.56. The lowest BCUT2D eigenvalue weighted by molar-refractivity contribution is 0.384. The van der Waals surface area contributed by atoms with Crippen LogP contribution in [-0.2, 0) is 0 Å². The minimum atomic E-state index is -0.326. The van der Waals surface area contributed by atoms with E-state index < -0.39 is 0 Å². The molecule has 29 heavy (non-hydrogen) atoms. The second-order valence-corrected chi connectivity index (χ2v) is 8.36. The molecule has 0 unspecified atom stereocenters. The van der Waals surface area contributed by atoms with Gasteiger partial charge in [0.05, 0.1) is 7.11 Å². The molecule has 5 nitrogen and oxygen atoms in total. The van der Waals surface area contributed by atoms with Gasteiger partial charge in [0, 0.05) is 30.6 Å². The fourth-order valence-electron chi connectivity index (χ4n) is 3.95. The molecule has 0 spiro atoms. The molecule has 3 rings (SSSR count). The average Bonchev–Trinajstić information content (AvgIpc) is 3.20. The molecule has 0 saturated heterocycles. The lowest BCUT2D eigenvalue weighted by Gasteiger charge is -2.21. The second-order valence-electron chi connectivity index (χ2n) is 7.62. The Kier molecular flexibility index (Phi) is 8.15. The summed E-state index contributed by atoms with van der Waals surface area (Å²) < 4.78 is 18.8. The van der Waals surface area contributed by atoms with Crippen LogP contribution < -0.4 is 20.5 Å². The summed E-state index contributed by atoms with van der Waals surface area (Å²) in [6.45, 7) is 3.00. The molecule has 1 aliphatic rings. The molecule has 7 heteroatoms. The number of methoxy groups -OCH3 is 1. The van der Waals surface area contributed by atoms with Crippen LogP contribution in [0.1, 0.15) is 55.7 Å². The zero-order valence-electron chi connectivity index (χ0n) is 17.2. The van der Waals surface area contributed by atoms with Crippen LogP contribution in [0.4, 0.5) is 10.2 Å². The quantitative estimate of drug-likeness (QED) is 0.386. The molecule has 4 N–H and O–H groups in total. The molecule has 0 amide bonds. The number of nitrogens with one attached hydrogen (secondary N) is 2. The maximum Gasteiger partial charge on any atom is 0.165 e. The van der Waals surface area contributed by atoms with Crippen LogP contribution >= 0.6 is 11.9 Å². The summed E-state index contributed by atoms with van der Waals surface area (Å²) in [5.41, 5.74) is 2.34. The fourth-order valence-corrected chi connectivity index (χ4v) is 4.27. The number of hydrogen-bond donors (Lipinski definition) is 3. The highest BCUT2D eigenvalue weighted by atomic mass is 32.2. The van der Waals surface area contributed by atoms with Crippen LogP contribution in [0.5, 0.6) is 5.75 Å². The third kappa shape index (κ3) is 6.07. The van der Waals surface area contributed by atoms with Crippen molar-refractivity contribution in [2.24, 2.45) is 5.14 Å². The maximum atomic E-state index is 13.6. The summed E-state index contributed by atoms with van der Waals surface area (Å²) in [5, 5.41) is 12.5. The van der Waals surface area contributed by atoms with Crippen molar-refractivity contribution in [2.45, 2.75) is 50.6 Å². The molecule has 0 aliphatic heterocycles. The second kappa shape index (κ2) is 10.8. The molecular formula is C22H31FN4OS. The standard InChI is InChI=1S/C22H31FN4OS/c1-15(16-5-8-20(23)21(13-16)28-2)27-19-7-4-17(12-19)18-6-9-22(26-14-18)25-10-3-11-29-24/h5-6,8-9,13-15,17,19,27H,3-4,7,10-12,24H2,1-2H3,(H,25,26)/t15-,17-,19+/m1/s1. The van der Waals surface area contributed by atoms with Crippen LogP contribution in [0.2, 0.25) is 0 Å². The zero-order chi connectivity index (χ0) is 20.6. The van der Waals surface area contributed by atoms with Gasteiger partial charge in [-0.3, -0.25) is 5.14 Å². The largest absolute Gasteiger partial charge is 0.494 e. The summed E-state index contributed by atoms with van der Waals surface area (Å²) in [7, 11) is 1.50. The number of rotatable bonds is 10. The van der Waals surface area contributed by atoms with Crippen molar-refractivity contribution >= 4 is 17.8 Å². The summed E-state index contributed by atoms with van der Waals surface area (Å²) >= 11 is 1.37. The van der Waals surface area contributed by atoms with Crippen molar-refractivity contribution < 1.29 is 9.13 Å². The highest BCUT2D eigenvalue weighted by molar-refractivity contribution is 7.97. The van der Waals surface area contributed by atoms with Crippen molar-refractivity contribution in [3.63, 3.8) is 0 Å². The molecule has 0 radical (unpaired) electrons. The molecule has 1 aliphatic carbocycles. The number of aromatic nitrogens is 1. The minimum Gasteiger partial charge on any atom is -0.494 e. The zero-order valence-corrected chi connectivity index (χ0v) is 18.0. The topological polar surface area (TPSA) is 72.2 Å². The van der Waals surface area contributed by atoms with Gasteiger partial charge in [0.2, 0.25) is 0 Å². The summed E-state index contributed by atoms with van der Waals surface area (Å²) in [5.74, 6) is 2.36. The first-order chi connectivity index (χ1) is 14.1. The highest BCUT2D eigenvalue weighted by Gasteiger charge is 2.27. The molecule has 3 atom stereocenters. The highest BCUT2D eigenvalue weighted by Crippen LogP contribution is 2.35. The average molecular weight is 419 g/mol. The van der Waals surface area contributed by atoms with Crippen LogP contribution in [0, 0.1) is 5.82 Å². The van der Waals surface area contributed by atoms with E-state index in [-0.39, 0.29) is 11.9 Å². The van der Waals surface area contributed by atoms with Crippen molar-refractivity contribution in [3.05, 3.63) is 53.5 Å². The first-order valence-electron chi connectivity index (χ1n) is 10.2. The first kappa shape index (κ1) is 21.9. The van der Waals surface area contributed by atoms with Gasteiger partial charge in [-0.1, -0.05) is 24.1 Å². The molecular weight excluding hydrogens is 387 g/mol. The summed E-state index contributed by atoms with van der Waals surface area (Å²) in [6, 6.07) is 9.92. The van der Waals surface area contributed by atoms with E-state index in [1.807, 2.05) is 12.3 Å². The molecule has 2 aromatic rings. The molecule has 1 fully saturated rings. The van der Waals surface area contributed by atoms with Gasteiger partial charge in [-0.15, -0.1) is 0 Å². The number of benzene rings is 1. The van der Waals surface area contributed by atoms with Crippen LogP contribution in [-0.4, -0.2) is 30.4 Å². The number of pyridine rings is 1. The van der Waals surface area contributed by atoms with Crippen molar-refractivity contribution in [2.75, 3.05) is 24.7 Å². The predicted molar refractivity (Wildman–Crippen MR) is 119 cm³/mol. The Morgan fingerprint density at radius 1 is 1.31 bits per heavy atom. The van der Waals surface area contributed by atoms with E-state index in [1.165, 1.54) is 30.7 Å². The normalized spacial score (nSPS) is 19.9. The van der Waals surface area contributed by atoms with E-state index in [1.54, 1.807) is 6.07 Å². The maximum absolute atomic E-state index is 13.6. The lowest BCUT2D eigenvalue weighted by atomic mass is 9.99. The van der Waals surface area contributed by atoms with E-state index in [0.717, 1.165) is 49.4 Å². The number of halogens is 1. The van der Waals surface area contributed by atoms with E-state index >= 15 is 0 Å². The molecule has 158 valence electrons. The van der Waals surface area contributed by atoms with E-state index in [4.69, 9.17) is 9.88 Å². The van der Waals surface area contributed by atoms with Gasteiger partial charge in [0.25, 0.3) is 0 Å². The van der Waals surface area contributed by atoms with E-state index in [2.05, 4.69) is 34.7 Å². The van der Waals surface area contributed by atoms with Gasteiger partial charge in [-0.2, -0.15) is 0 Å². The van der Waals surface area contributed by atoms with Crippen LogP contribution in [0.3, 0.4) is 0 Å². The smallest absolute Gasteiger partial charge is 0.165 e.